The van der Waals surface area contributed by atoms with Gasteiger partial charge in [0.15, 0.2) is 0 Å². The Morgan fingerprint density at radius 2 is 1.60 bits per heavy atom. The van der Waals surface area contributed by atoms with Crippen molar-refractivity contribution in [3.8, 4) is 22.4 Å². The average Bonchev–Trinajstić information content (AvgIpc) is 2.71. The van der Waals surface area contributed by atoms with Gasteiger partial charge in [-0.05, 0) is 40.3 Å². The molecule has 0 N–H and O–H groups in total. The summed E-state index contributed by atoms with van der Waals surface area (Å²) in [5.41, 5.74) is 6.17. The quantitative estimate of drug-likeness (QED) is 0.223. The first-order valence-electron chi connectivity index (χ1n) is 12.0. The molecule has 3 aromatic rings. The van der Waals surface area contributed by atoms with Crippen LogP contribution in [0.3, 0.4) is 0 Å². The number of pyridine rings is 1. The number of aryl methyl sites for hydroxylation is 1. The van der Waals surface area contributed by atoms with Crippen molar-refractivity contribution in [2.75, 3.05) is 0 Å². The van der Waals surface area contributed by atoms with E-state index in [-0.39, 0.29) is 31.9 Å². The zero-order valence-corrected chi connectivity index (χ0v) is 22.4. The molecule has 2 aromatic carbocycles. The predicted molar refractivity (Wildman–Crippen MR) is 130 cm³/mol. The molecule has 0 aliphatic carbocycles. The van der Waals surface area contributed by atoms with Gasteiger partial charge in [0.1, 0.15) is 0 Å². The maximum absolute atomic E-state index is 8.21. The zero-order chi connectivity index (χ0) is 23.8. The fraction of sp³-hybridized carbons (Fsp3) is 0.370. The van der Waals surface area contributed by atoms with E-state index in [0.29, 0.717) is 5.56 Å². The van der Waals surface area contributed by atoms with Crippen LogP contribution < -0.4 is 5.19 Å². The van der Waals surface area contributed by atoms with Crippen LogP contribution in [0, 0.1) is 12.9 Å². The fourth-order valence-corrected chi connectivity index (χ4v) is 4.90. The Bertz CT molecular complexity index is 1090. The van der Waals surface area contributed by atoms with Crippen LogP contribution in [-0.4, -0.2) is 13.1 Å². The molecule has 0 bridgehead atoms. The first-order chi connectivity index (χ1) is 14.8. The van der Waals surface area contributed by atoms with Gasteiger partial charge in [0.2, 0.25) is 0 Å². The van der Waals surface area contributed by atoms with Gasteiger partial charge in [-0.15, -0.1) is 29.3 Å². The SMILES string of the molecule is [2H]C([2H])([2H])c1c[c-]c(-c2cc([Si](C)(C)C)ccn2)cc1-c1c(C(C)C)cccc1C(C)C.[Ir]. The van der Waals surface area contributed by atoms with Gasteiger partial charge in [-0.25, -0.2) is 0 Å². The smallest absolute Gasteiger partial charge is 0.0767 e. The predicted octanol–water partition coefficient (Wildman–Crippen LogP) is 7.31. The molecular formula is C27H34IrNSi-. The largest absolute Gasteiger partial charge is 0.305 e. The van der Waals surface area contributed by atoms with Crippen LogP contribution in [0.25, 0.3) is 22.4 Å². The van der Waals surface area contributed by atoms with E-state index in [0.717, 1.165) is 22.4 Å². The summed E-state index contributed by atoms with van der Waals surface area (Å²) in [6, 6.07) is 17.5. The minimum atomic E-state index is -2.23. The molecule has 0 atom stereocenters. The van der Waals surface area contributed by atoms with Crippen molar-refractivity contribution >= 4 is 13.3 Å². The second kappa shape index (κ2) is 9.72. The second-order valence-electron chi connectivity index (χ2n) is 9.47. The average molecular weight is 596 g/mol. The number of hydrogen-bond acceptors (Lipinski definition) is 1. The molecule has 0 fully saturated rings. The topological polar surface area (TPSA) is 12.9 Å². The van der Waals surface area contributed by atoms with Crippen molar-refractivity contribution in [1.29, 1.82) is 0 Å². The van der Waals surface area contributed by atoms with Crippen LogP contribution in [0.15, 0.2) is 48.7 Å². The molecule has 3 heteroatoms. The molecule has 0 unspecified atom stereocenters. The molecule has 1 aromatic heterocycles. The summed E-state index contributed by atoms with van der Waals surface area (Å²) in [4.78, 5) is 4.62. The first kappa shape index (κ1) is 20.4. The fourth-order valence-electron chi connectivity index (χ4n) is 3.75. The Labute approximate surface area is 201 Å². The molecule has 161 valence electrons. The summed E-state index contributed by atoms with van der Waals surface area (Å²) in [5, 5.41) is 1.32. The monoisotopic (exact) mass is 596 g/mol. The molecule has 0 aliphatic heterocycles. The molecule has 30 heavy (non-hydrogen) atoms. The maximum Gasteiger partial charge on any atom is 0.0767 e. The summed E-state index contributed by atoms with van der Waals surface area (Å²) >= 11 is 0. The molecule has 1 nitrogen and oxygen atoms in total. The van der Waals surface area contributed by atoms with Gasteiger partial charge in [0.05, 0.1) is 8.07 Å². The van der Waals surface area contributed by atoms with E-state index in [2.05, 4.69) is 88.7 Å². The normalized spacial score (nSPS) is 13.6. The van der Waals surface area contributed by atoms with Crippen LogP contribution in [0.2, 0.25) is 19.6 Å². The molecule has 0 aliphatic rings. The summed E-state index contributed by atoms with van der Waals surface area (Å²) < 4.78 is 24.6. The van der Waals surface area contributed by atoms with Crippen LogP contribution in [0.4, 0.5) is 0 Å². The summed E-state index contributed by atoms with van der Waals surface area (Å²) in [6.45, 7) is 13.3. The summed E-state index contributed by atoms with van der Waals surface area (Å²) in [7, 11) is -1.51. The third-order valence-corrected chi connectivity index (χ3v) is 7.54. The molecule has 0 saturated carbocycles. The molecule has 0 saturated heterocycles. The number of aromatic nitrogens is 1. The van der Waals surface area contributed by atoms with Gasteiger partial charge in [-0.2, -0.15) is 0 Å². The Morgan fingerprint density at radius 1 is 0.967 bits per heavy atom. The van der Waals surface area contributed by atoms with Crippen molar-refractivity contribution in [2.45, 2.75) is 66.0 Å². The van der Waals surface area contributed by atoms with Crippen molar-refractivity contribution < 1.29 is 24.2 Å². The van der Waals surface area contributed by atoms with Crippen LogP contribution in [0.5, 0.6) is 0 Å². The number of benzene rings is 2. The second-order valence-corrected chi connectivity index (χ2v) is 14.6. The third kappa shape index (κ3) is 5.19. The maximum atomic E-state index is 8.21. The molecular weight excluding hydrogens is 559 g/mol. The van der Waals surface area contributed by atoms with Crippen LogP contribution in [-0.2, 0) is 20.1 Å². The zero-order valence-electron chi connectivity index (χ0n) is 22.1. The minimum Gasteiger partial charge on any atom is -0.305 e. The molecule has 0 spiro atoms. The van der Waals surface area contributed by atoms with E-state index in [1.165, 1.54) is 16.3 Å². The Hall–Kier alpha value is -1.54. The van der Waals surface area contributed by atoms with Crippen molar-refractivity contribution in [2.24, 2.45) is 0 Å². The van der Waals surface area contributed by atoms with Gasteiger partial charge >= 0.3 is 0 Å². The van der Waals surface area contributed by atoms with E-state index >= 15 is 0 Å². The number of nitrogens with zero attached hydrogens (tertiary/aromatic N) is 1. The van der Waals surface area contributed by atoms with E-state index < -0.39 is 14.9 Å². The van der Waals surface area contributed by atoms with E-state index in [1.807, 2.05) is 12.3 Å². The van der Waals surface area contributed by atoms with Gasteiger partial charge in [-0.3, -0.25) is 0 Å². The van der Waals surface area contributed by atoms with Crippen LogP contribution in [0.1, 0.15) is 60.3 Å². The Kier molecular flexibility index (Phi) is 6.60. The van der Waals surface area contributed by atoms with E-state index in [9.17, 15) is 0 Å². The number of rotatable bonds is 5. The Balaban J connectivity index is 0.00000385. The standard InChI is InChI=1S/C27H34NSi.Ir/c1-18(2)23-10-9-11-24(19(3)4)27(23)25-16-21(13-12-20(25)5)26-17-22(14-15-28-26)29(6,7)8;/h9-12,14-19H,1-8H3;/q-1;/i5D3;. The van der Waals surface area contributed by atoms with Gasteiger partial charge in [0, 0.05) is 30.4 Å². The van der Waals surface area contributed by atoms with Crippen LogP contribution >= 0.6 is 0 Å². The van der Waals surface area contributed by atoms with Crippen molar-refractivity contribution in [1.82, 2.24) is 4.98 Å². The third-order valence-electron chi connectivity index (χ3n) is 5.50. The summed E-state index contributed by atoms with van der Waals surface area (Å²) in [6.07, 6.45) is 1.86. The van der Waals surface area contributed by atoms with Gasteiger partial charge < -0.3 is 4.98 Å². The van der Waals surface area contributed by atoms with Crippen molar-refractivity contribution in [3.05, 3.63) is 71.4 Å². The van der Waals surface area contributed by atoms with E-state index in [1.54, 1.807) is 6.07 Å². The summed E-state index contributed by atoms with van der Waals surface area (Å²) in [5.74, 6) is 0.545. The minimum absolute atomic E-state index is 0. The van der Waals surface area contributed by atoms with Gasteiger partial charge in [-0.1, -0.05) is 89.2 Å². The molecule has 1 radical (unpaired) electrons. The molecule has 1 heterocycles. The van der Waals surface area contributed by atoms with Gasteiger partial charge in [0.25, 0.3) is 0 Å². The molecule has 0 amide bonds. The van der Waals surface area contributed by atoms with Crippen molar-refractivity contribution in [3.63, 3.8) is 0 Å². The Morgan fingerprint density at radius 3 is 2.13 bits per heavy atom. The van der Waals surface area contributed by atoms with E-state index in [4.69, 9.17) is 4.11 Å². The number of hydrogen-bond donors (Lipinski definition) is 0. The molecule has 3 rings (SSSR count). The first-order valence-corrected chi connectivity index (χ1v) is 14.0.